The van der Waals surface area contributed by atoms with Crippen LogP contribution in [0.5, 0.6) is 0 Å². The van der Waals surface area contributed by atoms with Crippen molar-refractivity contribution in [1.29, 1.82) is 0 Å². The van der Waals surface area contributed by atoms with Crippen LogP contribution < -0.4 is 5.32 Å². The number of fused-ring (bicyclic) bond motifs is 2. The van der Waals surface area contributed by atoms with E-state index >= 15 is 0 Å². The fourth-order valence-corrected chi connectivity index (χ4v) is 4.92. The monoisotopic (exact) mass is 284 g/mol. The normalized spacial score (nSPS) is 36.7. The van der Waals surface area contributed by atoms with E-state index in [0.717, 1.165) is 25.1 Å². The smallest absolute Gasteiger partial charge is 0.317 e. The zero-order chi connectivity index (χ0) is 13.4. The molecular formula is C13H20N2O3S. The number of urea groups is 1. The lowest BCUT2D eigenvalue weighted by atomic mass is 9.89. The second-order valence-electron chi connectivity index (χ2n) is 5.80. The van der Waals surface area contributed by atoms with Crippen LogP contribution in [0.4, 0.5) is 4.79 Å². The van der Waals surface area contributed by atoms with Gasteiger partial charge in [-0.15, -0.1) is 0 Å². The highest BCUT2D eigenvalue weighted by Crippen LogP contribution is 2.41. The van der Waals surface area contributed by atoms with Crippen LogP contribution in [0.15, 0.2) is 0 Å². The minimum absolute atomic E-state index is 0.0480. The molecule has 3 aliphatic heterocycles. The van der Waals surface area contributed by atoms with E-state index < -0.39 is 5.97 Å². The van der Waals surface area contributed by atoms with Gasteiger partial charge in [-0.1, -0.05) is 0 Å². The number of carboxylic acids is 1. The molecule has 0 saturated carbocycles. The topological polar surface area (TPSA) is 69.6 Å². The van der Waals surface area contributed by atoms with Gasteiger partial charge in [-0.05, 0) is 43.1 Å². The molecule has 3 fully saturated rings. The molecule has 0 aliphatic carbocycles. The van der Waals surface area contributed by atoms with E-state index in [9.17, 15) is 14.7 Å². The molecule has 106 valence electrons. The van der Waals surface area contributed by atoms with Crippen LogP contribution >= 0.6 is 11.8 Å². The van der Waals surface area contributed by atoms with Crippen LogP contribution in [0.1, 0.15) is 25.7 Å². The Morgan fingerprint density at radius 3 is 2.79 bits per heavy atom. The molecule has 2 bridgehead atoms. The predicted molar refractivity (Wildman–Crippen MR) is 73.2 cm³/mol. The lowest BCUT2D eigenvalue weighted by Gasteiger charge is -2.24. The molecule has 2 amide bonds. The number of nitrogens with one attached hydrogen (secondary N) is 1. The highest BCUT2D eigenvalue weighted by molar-refractivity contribution is 7.99. The van der Waals surface area contributed by atoms with Crippen LogP contribution in [0.25, 0.3) is 0 Å². The van der Waals surface area contributed by atoms with Gasteiger partial charge in [-0.25, -0.2) is 4.79 Å². The molecule has 0 aromatic carbocycles. The molecular weight excluding hydrogens is 264 g/mol. The summed E-state index contributed by atoms with van der Waals surface area (Å²) in [5.74, 6) is 1.80. The van der Waals surface area contributed by atoms with Crippen molar-refractivity contribution in [3.63, 3.8) is 0 Å². The molecule has 2 N–H and O–H groups in total. The summed E-state index contributed by atoms with van der Waals surface area (Å²) in [6, 6.07) is 0.0117. The Balaban J connectivity index is 1.56. The molecule has 4 unspecified atom stereocenters. The zero-order valence-electron chi connectivity index (χ0n) is 10.9. The van der Waals surface area contributed by atoms with Crippen molar-refractivity contribution in [2.45, 2.75) is 37.8 Å². The van der Waals surface area contributed by atoms with E-state index in [1.807, 2.05) is 11.8 Å². The second-order valence-corrected chi connectivity index (χ2v) is 6.95. The average Bonchev–Trinajstić information content (AvgIpc) is 3.11. The van der Waals surface area contributed by atoms with Gasteiger partial charge in [-0.3, -0.25) is 4.79 Å². The molecule has 0 spiro atoms. The number of rotatable bonds is 3. The Hall–Kier alpha value is -0.910. The third-order valence-corrected chi connectivity index (χ3v) is 5.89. The first-order chi connectivity index (χ1) is 9.16. The van der Waals surface area contributed by atoms with E-state index in [1.54, 1.807) is 4.90 Å². The quantitative estimate of drug-likeness (QED) is 0.821. The molecule has 6 heteroatoms. The Labute approximate surface area is 117 Å². The largest absolute Gasteiger partial charge is 0.481 e. The van der Waals surface area contributed by atoms with Crippen molar-refractivity contribution in [1.82, 2.24) is 10.2 Å². The molecule has 3 rings (SSSR count). The summed E-state index contributed by atoms with van der Waals surface area (Å²) in [5.41, 5.74) is 0. The number of nitrogens with zero attached hydrogens (tertiary/aromatic N) is 1. The Morgan fingerprint density at radius 1 is 1.32 bits per heavy atom. The van der Waals surface area contributed by atoms with Crippen molar-refractivity contribution in [2.75, 3.05) is 18.1 Å². The number of carbonyl (C=O) groups is 2. The molecule has 3 aliphatic rings. The maximum atomic E-state index is 12.2. The minimum atomic E-state index is -0.753. The summed E-state index contributed by atoms with van der Waals surface area (Å²) in [4.78, 5) is 25.2. The Bertz CT molecular complexity index is 384. The number of carbonyl (C=O) groups excluding carboxylic acids is 1. The Morgan fingerprint density at radius 2 is 2.16 bits per heavy atom. The fourth-order valence-electron chi connectivity index (χ4n) is 3.64. The van der Waals surface area contributed by atoms with E-state index in [1.165, 1.54) is 12.2 Å². The van der Waals surface area contributed by atoms with Gasteiger partial charge in [0.2, 0.25) is 0 Å². The first-order valence-corrected chi connectivity index (χ1v) is 8.19. The summed E-state index contributed by atoms with van der Waals surface area (Å²) in [6.45, 7) is 0.736. The van der Waals surface area contributed by atoms with Gasteiger partial charge in [0.15, 0.2) is 0 Å². The van der Waals surface area contributed by atoms with Crippen molar-refractivity contribution in [3.05, 3.63) is 0 Å². The number of carboxylic acid groups (broad SMARTS) is 1. The maximum Gasteiger partial charge on any atom is 0.317 e. The van der Waals surface area contributed by atoms with Gasteiger partial charge in [0.25, 0.3) is 0 Å². The Kier molecular flexibility index (Phi) is 3.60. The maximum absolute atomic E-state index is 12.2. The number of amides is 2. The van der Waals surface area contributed by atoms with E-state index in [2.05, 4.69) is 5.32 Å². The van der Waals surface area contributed by atoms with Crippen molar-refractivity contribution < 1.29 is 14.7 Å². The molecule has 5 nitrogen and oxygen atoms in total. The number of hydrogen-bond acceptors (Lipinski definition) is 3. The summed E-state index contributed by atoms with van der Waals surface area (Å²) in [6.07, 6.45) is 3.61. The first-order valence-electron chi connectivity index (χ1n) is 7.03. The van der Waals surface area contributed by atoms with Crippen molar-refractivity contribution >= 4 is 23.8 Å². The summed E-state index contributed by atoms with van der Waals surface area (Å²) >= 11 is 1.94. The summed E-state index contributed by atoms with van der Waals surface area (Å²) < 4.78 is 0. The predicted octanol–water partition coefficient (Wildman–Crippen LogP) is 1.39. The van der Waals surface area contributed by atoms with Gasteiger partial charge in [0, 0.05) is 18.6 Å². The van der Waals surface area contributed by atoms with E-state index in [4.69, 9.17) is 0 Å². The van der Waals surface area contributed by atoms with Crippen molar-refractivity contribution in [2.24, 2.45) is 11.8 Å². The third kappa shape index (κ3) is 2.42. The van der Waals surface area contributed by atoms with Gasteiger partial charge in [0.05, 0.1) is 5.92 Å². The number of aliphatic carboxylic acids is 1. The van der Waals surface area contributed by atoms with Crippen LogP contribution in [-0.2, 0) is 4.79 Å². The molecule has 0 radical (unpaired) electrons. The summed E-state index contributed by atoms with van der Waals surface area (Å²) in [5, 5.41) is 12.2. The van der Waals surface area contributed by atoms with Gasteiger partial charge >= 0.3 is 12.0 Å². The lowest BCUT2D eigenvalue weighted by molar-refractivity contribution is -0.142. The molecule has 4 atom stereocenters. The average molecular weight is 284 g/mol. The molecule has 0 aromatic heterocycles. The highest BCUT2D eigenvalue weighted by Gasteiger charge is 2.51. The fraction of sp³-hybridized carbons (Fsp3) is 0.846. The first kappa shape index (κ1) is 13.1. The minimum Gasteiger partial charge on any atom is -0.481 e. The van der Waals surface area contributed by atoms with Crippen LogP contribution in [0.3, 0.4) is 0 Å². The summed E-state index contributed by atoms with van der Waals surface area (Å²) in [7, 11) is 0. The van der Waals surface area contributed by atoms with Crippen LogP contribution in [0, 0.1) is 11.8 Å². The number of thioether (sulfide) groups is 1. The molecule has 3 saturated heterocycles. The molecule has 3 heterocycles. The van der Waals surface area contributed by atoms with E-state index in [-0.39, 0.29) is 24.0 Å². The van der Waals surface area contributed by atoms with Gasteiger partial charge in [-0.2, -0.15) is 11.8 Å². The molecule has 0 aromatic rings. The standard InChI is InChI=1S/C13H20N2O3S/c16-12(17)10-5-9-1-2-11(10)15(9)13(18)14-6-8-3-4-19-7-8/h8-11H,1-7H2,(H,14,18)(H,16,17). The highest BCUT2D eigenvalue weighted by atomic mass is 32.2. The molecule has 19 heavy (non-hydrogen) atoms. The van der Waals surface area contributed by atoms with Crippen LogP contribution in [-0.4, -0.2) is 52.1 Å². The second kappa shape index (κ2) is 5.23. The van der Waals surface area contributed by atoms with Crippen molar-refractivity contribution in [3.8, 4) is 0 Å². The lowest BCUT2D eigenvalue weighted by Crippen LogP contribution is -2.45. The number of hydrogen-bond donors (Lipinski definition) is 2. The van der Waals surface area contributed by atoms with Crippen LogP contribution in [0.2, 0.25) is 0 Å². The third-order valence-electron chi connectivity index (χ3n) is 4.65. The zero-order valence-corrected chi connectivity index (χ0v) is 11.7. The SMILES string of the molecule is O=C(O)C1CC2CCC1N2C(=O)NCC1CCSC1. The van der Waals surface area contributed by atoms with Gasteiger partial charge in [0.1, 0.15) is 0 Å². The van der Waals surface area contributed by atoms with E-state index in [0.29, 0.717) is 12.3 Å². The van der Waals surface area contributed by atoms with Gasteiger partial charge < -0.3 is 15.3 Å².